The van der Waals surface area contributed by atoms with Gasteiger partial charge in [0.25, 0.3) is 0 Å². The fraction of sp³-hybridized carbons (Fsp3) is 0.842. The van der Waals surface area contributed by atoms with Gasteiger partial charge in [0, 0.05) is 57.4 Å². The molecule has 0 spiro atoms. The first-order valence-corrected chi connectivity index (χ1v) is 9.94. The Hall–Kier alpha value is -1.11. The largest absolute Gasteiger partial charge is 0.379 e. The molecule has 3 rings (SSSR count). The minimum absolute atomic E-state index is 0.453. The summed E-state index contributed by atoms with van der Waals surface area (Å²) < 4.78 is 5.56. The normalized spacial score (nSPS) is 30.2. The second kappa shape index (κ2) is 9.01. The van der Waals surface area contributed by atoms with Gasteiger partial charge >= 0.3 is 0 Å². The van der Waals surface area contributed by atoms with Gasteiger partial charge in [0.05, 0.1) is 19.8 Å². The van der Waals surface area contributed by atoms with Gasteiger partial charge in [-0.1, -0.05) is 12.2 Å². The molecule has 3 unspecified atom stereocenters. The first-order valence-electron chi connectivity index (χ1n) is 9.94. The third-order valence-corrected chi connectivity index (χ3v) is 5.65. The van der Waals surface area contributed by atoms with Crippen LogP contribution in [0.4, 0.5) is 0 Å². The van der Waals surface area contributed by atoms with Crippen molar-refractivity contribution in [1.29, 1.82) is 0 Å². The number of aliphatic imine (C=N–C) groups is 1. The van der Waals surface area contributed by atoms with Crippen molar-refractivity contribution in [2.75, 3.05) is 59.0 Å². The van der Waals surface area contributed by atoms with E-state index in [2.05, 4.69) is 52.9 Å². The number of hydrogen-bond donors (Lipinski definition) is 1. The maximum Gasteiger partial charge on any atom is 0.194 e. The number of rotatable bonds is 5. The Morgan fingerprint density at radius 3 is 2.84 bits per heavy atom. The zero-order valence-corrected chi connectivity index (χ0v) is 16.2. The number of guanidine groups is 1. The molecule has 6 heteroatoms. The highest BCUT2D eigenvalue weighted by Crippen LogP contribution is 2.18. The molecule has 142 valence electrons. The predicted molar refractivity (Wildman–Crippen MR) is 103 cm³/mol. The van der Waals surface area contributed by atoms with E-state index < -0.39 is 0 Å². The SMILES string of the molecule is CCNC(=NCC(C)N1CCOCC1C)N1CCC(N2CC=CC2)C1. The van der Waals surface area contributed by atoms with Crippen molar-refractivity contribution < 1.29 is 4.74 Å². The number of nitrogens with zero attached hydrogens (tertiary/aromatic N) is 4. The second-order valence-corrected chi connectivity index (χ2v) is 7.52. The van der Waals surface area contributed by atoms with E-state index in [1.54, 1.807) is 0 Å². The van der Waals surface area contributed by atoms with Gasteiger partial charge < -0.3 is 15.0 Å². The standard InChI is InChI=1S/C19H35N5O/c1-4-20-19(21-13-16(2)24-11-12-25-15-17(24)3)23-10-7-18(14-23)22-8-5-6-9-22/h5-6,16-18H,4,7-15H2,1-3H3,(H,20,21). The number of hydrogen-bond acceptors (Lipinski definition) is 4. The van der Waals surface area contributed by atoms with Crippen molar-refractivity contribution in [2.24, 2.45) is 4.99 Å². The number of nitrogens with one attached hydrogen (secondary N) is 1. The number of ether oxygens (including phenoxy) is 1. The van der Waals surface area contributed by atoms with Gasteiger partial charge in [-0.2, -0.15) is 0 Å². The fourth-order valence-electron chi connectivity index (χ4n) is 4.17. The molecular formula is C19H35N5O. The third-order valence-electron chi connectivity index (χ3n) is 5.65. The summed E-state index contributed by atoms with van der Waals surface area (Å²) in [5.74, 6) is 1.09. The highest BCUT2D eigenvalue weighted by molar-refractivity contribution is 5.80. The lowest BCUT2D eigenvalue weighted by Crippen LogP contribution is -2.50. The molecular weight excluding hydrogens is 314 g/mol. The second-order valence-electron chi connectivity index (χ2n) is 7.52. The zero-order valence-electron chi connectivity index (χ0n) is 16.2. The lowest BCUT2D eigenvalue weighted by molar-refractivity contribution is -0.0166. The molecule has 3 atom stereocenters. The molecule has 0 bridgehead atoms. The molecule has 2 saturated heterocycles. The van der Waals surface area contributed by atoms with Crippen LogP contribution in [0.3, 0.4) is 0 Å². The van der Waals surface area contributed by atoms with Crippen molar-refractivity contribution in [3.05, 3.63) is 12.2 Å². The van der Waals surface area contributed by atoms with E-state index in [-0.39, 0.29) is 0 Å². The van der Waals surface area contributed by atoms with Crippen LogP contribution in [-0.4, -0.2) is 97.8 Å². The van der Waals surface area contributed by atoms with E-state index in [1.807, 2.05) is 0 Å². The van der Waals surface area contributed by atoms with E-state index in [9.17, 15) is 0 Å². The van der Waals surface area contributed by atoms with Gasteiger partial charge in [-0.15, -0.1) is 0 Å². The zero-order chi connectivity index (χ0) is 17.6. The summed E-state index contributed by atoms with van der Waals surface area (Å²) in [5.41, 5.74) is 0. The van der Waals surface area contributed by atoms with Gasteiger partial charge in [0.2, 0.25) is 0 Å². The maximum absolute atomic E-state index is 5.56. The molecule has 0 aromatic carbocycles. The van der Waals surface area contributed by atoms with E-state index in [1.165, 1.54) is 6.42 Å². The maximum atomic E-state index is 5.56. The van der Waals surface area contributed by atoms with Gasteiger partial charge in [-0.05, 0) is 27.2 Å². The smallest absolute Gasteiger partial charge is 0.194 e. The van der Waals surface area contributed by atoms with Crippen molar-refractivity contribution in [3.63, 3.8) is 0 Å². The molecule has 0 amide bonds. The average Bonchev–Trinajstić information content (AvgIpc) is 3.29. The Bertz CT molecular complexity index is 472. The van der Waals surface area contributed by atoms with Crippen LogP contribution in [0, 0.1) is 0 Å². The highest BCUT2D eigenvalue weighted by Gasteiger charge is 2.30. The summed E-state index contributed by atoms with van der Waals surface area (Å²) in [4.78, 5) is 12.5. The van der Waals surface area contributed by atoms with Crippen LogP contribution in [0.25, 0.3) is 0 Å². The van der Waals surface area contributed by atoms with E-state index in [0.717, 1.165) is 65.0 Å². The molecule has 3 aliphatic heterocycles. The van der Waals surface area contributed by atoms with Gasteiger partial charge in [0.1, 0.15) is 0 Å². The Morgan fingerprint density at radius 1 is 1.32 bits per heavy atom. The lowest BCUT2D eigenvalue weighted by Gasteiger charge is -2.37. The number of morpholine rings is 1. The third kappa shape index (κ3) is 4.74. The minimum Gasteiger partial charge on any atom is -0.379 e. The quantitative estimate of drug-likeness (QED) is 0.456. The summed E-state index contributed by atoms with van der Waals surface area (Å²) in [6.07, 6.45) is 5.81. The van der Waals surface area contributed by atoms with Crippen LogP contribution in [-0.2, 0) is 4.74 Å². The molecule has 1 N–H and O–H groups in total. The van der Waals surface area contributed by atoms with Crippen LogP contribution in [0.5, 0.6) is 0 Å². The van der Waals surface area contributed by atoms with Gasteiger partial charge in [-0.3, -0.25) is 14.8 Å². The Labute approximate surface area is 152 Å². The summed E-state index contributed by atoms with van der Waals surface area (Å²) in [7, 11) is 0. The van der Waals surface area contributed by atoms with Crippen LogP contribution in [0.15, 0.2) is 17.1 Å². The fourth-order valence-corrected chi connectivity index (χ4v) is 4.17. The molecule has 6 nitrogen and oxygen atoms in total. The number of likely N-dealkylation sites (tertiary alicyclic amines) is 1. The highest BCUT2D eigenvalue weighted by atomic mass is 16.5. The first kappa shape index (κ1) is 18.7. The monoisotopic (exact) mass is 349 g/mol. The summed E-state index contributed by atoms with van der Waals surface area (Å²) in [6, 6.07) is 1.60. The van der Waals surface area contributed by atoms with Gasteiger partial charge in [-0.25, -0.2) is 0 Å². The van der Waals surface area contributed by atoms with Crippen molar-refractivity contribution >= 4 is 5.96 Å². The van der Waals surface area contributed by atoms with Crippen LogP contribution < -0.4 is 5.32 Å². The molecule has 3 heterocycles. The molecule has 25 heavy (non-hydrogen) atoms. The Morgan fingerprint density at radius 2 is 2.12 bits per heavy atom. The molecule has 0 aromatic heterocycles. The van der Waals surface area contributed by atoms with E-state index in [4.69, 9.17) is 9.73 Å². The van der Waals surface area contributed by atoms with Crippen LogP contribution in [0.1, 0.15) is 27.2 Å². The summed E-state index contributed by atoms with van der Waals surface area (Å²) in [5, 5.41) is 3.50. The van der Waals surface area contributed by atoms with Crippen molar-refractivity contribution in [2.45, 2.75) is 45.3 Å². The topological polar surface area (TPSA) is 43.3 Å². The summed E-state index contributed by atoms with van der Waals surface area (Å²) in [6.45, 7) is 15.6. The van der Waals surface area contributed by atoms with Crippen molar-refractivity contribution in [1.82, 2.24) is 20.0 Å². The predicted octanol–water partition coefficient (Wildman–Crippen LogP) is 1.01. The first-order chi connectivity index (χ1) is 12.2. The molecule has 0 aromatic rings. The molecule has 0 radical (unpaired) electrons. The molecule has 0 saturated carbocycles. The van der Waals surface area contributed by atoms with E-state index >= 15 is 0 Å². The lowest BCUT2D eigenvalue weighted by atomic mass is 10.2. The molecule has 0 aliphatic carbocycles. The average molecular weight is 350 g/mol. The Kier molecular flexibility index (Phi) is 6.73. The molecule has 3 aliphatic rings. The minimum atomic E-state index is 0.453. The van der Waals surface area contributed by atoms with Crippen LogP contribution >= 0.6 is 0 Å². The summed E-state index contributed by atoms with van der Waals surface area (Å²) >= 11 is 0. The van der Waals surface area contributed by atoms with Gasteiger partial charge in [0.15, 0.2) is 5.96 Å². The van der Waals surface area contributed by atoms with Crippen molar-refractivity contribution in [3.8, 4) is 0 Å². The van der Waals surface area contributed by atoms with Crippen LogP contribution in [0.2, 0.25) is 0 Å². The van der Waals surface area contributed by atoms with E-state index in [0.29, 0.717) is 18.1 Å². The molecule has 2 fully saturated rings. The Balaban J connectivity index is 1.55.